The molecule has 0 bridgehead atoms. The molecule has 0 saturated carbocycles. The maximum absolute atomic E-state index is 12.5. The number of aliphatic hydroxyl groups excluding tert-OH is 1. The fraction of sp³-hybridized carbons (Fsp3) is 0.235. The summed E-state index contributed by atoms with van der Waals surface area (Å²) in [6.07, 6.45) is -0.633. The lowest BCUT2D eigenvalue weighted by molar-refractivity contribution is -0.384. The Morgan fingerprint density at radius 3 is 2.72 bits per heavy atom. The summed E-state index contributed by atoms with van der Waals surface area (Å²) in [5, 5.41) is 23.2. The number of non-ortho nitro benzene ring substituents is 1. The fourth-order valence-corrected chi connectivity index (χ4v) is 2.54. The van der Waals surface area contributed by atoms with Gasteiger partial charge < -0.3 is 15.2 Å². The maximum atomic E-state index is 12.5. The van der Waals surface area contributed by atoms with E-state index in [2.05, 4.69) is 5.32 Å². The number of ether oxygens (including phenoxy) is 1. The monoisotopic (exact) mass is 364 g/mol. The van der Waals surface area contributed by atoms with Crippen LogP contribution in [-0.2, 0) is 4.74 Å². The number of nitrogens with zero attached hydrogens (tertiary/aromatic N) is 1. The second kappa shape index (κ2) is 8.46. The first kappa shape index (κ1) is 18.7. The number of hydrogen-bond acceptors (Lipinski definition) is 6. The van der Waals surface area contributed by atoms with Gasteiger partial charge in [-0.05, 0) is 19.1 Å². The summed E-state index contributed by atoms with van der Waals surface area (Å²) in [6.45, 7) is 1.71. The van der Waals surface area contributed by atoms with Crippen LogP contribution in [0.5, 0.6) is 0 Å². The Hall–Kier alpha value is -2.64. The minimum Gasteiger partial charge on any atom is -0.454 e. The van der Waals surface area contributed by atoms with Crippen molar-refractivity contribution in [3.05, 3.63) is 68.7 Å². The topological polar surface area (TPSA) is 102 Å². The molecule has 0 heterocycles. The van der Waals surface area contributed by atoms with Crippen LogP contribution in [0.2, 0.25) is 5.02 Å². The molecule has 25 heavy (non-hydrogen) atoms. The molecule has 0 aromatic heterocycles. The van der Waals surface area contributed by atoms with Crippen LogP contribution in [0.3, 0.4) is 0 Å². The minimum atomic E-state index is -0.725. The van der Waals surface area contributed by atoms with Crippen molar-refractivity contribution in [2.24, 2.45) is 0 Å². The summed E-state index contributed by atoms with van der Waals surface area (Å²) < 4.78 is 5.41. The standard InChI is InChI=1S/C17H17ClN2O5/c1-11(13-4-2-3-5-15(13)18)25-17(22)14-10-12(20(23)24)6-7-16(14)19-8-9-21/h2-7,10-11,19,21H,8-9H2,1H3. The van der Waals surface area contributed by atoms with Gasteiger partial charge in [0.25, 0.3) is 5.69 Å². The van der Waals surface area contributed by atoms with Gasteiger partial charge in [0, 0.05) is 35.0 Å². The number of rotatable bonds is 7. The number of carbonyl (C=O) groups is 1. The zero-order valence-corrected chi connectivity index (χ0v) is 14.2. The van der Waals surface area contributed by atoms with Crippen molar-refractivity contribution in [2.45, 2.75) is 13.0 Å². The molecule has 0 amide bonds. The third-order valence-electron chi connectivity index (χ3n) is 3.49. The molecule has 1 unspecified atom stereocenters. The van der Waals surface area contributed by atoms with E-state index in [9.17, 15) is 14.9 Å². The highest BCUT2D eigenvalue weighted by molar-refractivity contribution is 6.31. The van der Waals surface area contributed by atoms with Gasteiger partial charge in [-0.15, -0.1) is 0 Å². The average Bonchev–Trinajstić information content (AvgIpc) is 2.59. The van der Waals surface area contributed by atoms with Gasteiger partial charge in [-0.25, -0.2) is 4.79 Å². The molecule has 0 aliphatic rings. The molecule has 2 N–H and O–H groups in total. The normalized spacial score (nSPS) is 11.6. The Morgan fingerprint density at radius 1 is 1.36 bits per heavy atom. The van der Waals surface area contributed by atoms with Gasteiger partial charge in [0.1, 0.15) is 6.10 Å². The summed E-state index contributed by atoms with van der Waals surface area (Å²) in [4.78, 5) is 22.9. The molecular weight excluding hydrogens is 348 g/mol. The summed E-state index contributed by atoms with van der Waals surface area (Å²) in [6, 6.07) is 10.8. The van der Waals surface area contributed by atoms with Crippen molar-refractivity contribution in [2.75, 3.05) is 18.5 Å². The number of nitro benzene ring substituents is 1. The zero-order valence-electron chi connectivity index (χ0n) is 13.4. The first-order chi connectivity index (χ1) is 11.9. The van der Waals surface area contributed by atoms with Crippen LogP contribution in [0.25, 0.3) is 0 Å². The van der Waals surface area contributed by atoms with E-state index in [-0.39, 0.29) is 24.4 Å². The molecule has 2 aromatic rings. The molecule has 7 nitrogen and oxygen atoms in total. The smallest absolute Gasteiger partial charge is 0.341 e. The van der Waals surface area contributed by atoms with E-state index in [1.807, 2.05) is 0 Å². The molecule has 0 radical (unpaired) electrons. The molecular formula is C17H17ClN2O5. The highest BCUT2D eigenvalue weighted by atomic mass is 35.5. The van der Waals surface area contributed by atoms with E-state index in [0.717, 1.165) is 6.07 Å². The van der Waals surface area contributed by atoms with Gasteiger partial charge >= 0.3 is 5.97 Å². The molecule has 132 valence electrons. The lowest BCUT2D eigenvalue weighted by Crippen LogP contribution is -2.14. The summed E-state index contributed by atoms with van der Waals surface area (Å²) in [5.74, 6) is -0.725. The fourth-order valence-electron chi connectivity index (χ4n) is 2.25. The van der Waals surface area contributed by atoms with Gasteiger partial charge in [-0.2, -0.15) is 0 Å². The van der Waals surface area contributed by atoms with Gasteiger partial charge in [-0.3, -0.25) is 10.1 Å². The molecule has 8 heteroatoms. The predicted molar refractivity (Wildman–Crippen MR) is 94.0 cm³/mol. The Labute approximate surface area is 149 Å². The number of nitro groups is 1. The van der Waals surface area contributed by atoms with Gasteiger partial charge in [0.15, 0.2) is 0 Å². The number of esters is 1. The van der Waals surface area contributed by atoms with Gasteiger partial charge in [-0.1, -0.05) is 29.8 Å². The van der Waals surface area contributed by atoms with Crippen molar-refractivity contribution in [3.8, 4) is 0 Å². The lowest BCUT2D eigenvalue weighted by Gasteiger charge is -2.16. The Kier molecular flexibility index (Phi) is 6.32. The van der Waals surface area contributed by atoms with Crippen LogP contribution in [0.1, 0.15) is 28.9 Å². The van der Waals surface area contributed by atoms with Crippen LogP contribution < -0.4 is 5.32 Å². The van der Waals surface area contributed by atoms with E-state index < -0.39 is 17.0 Å². The van der Waals surface area contributed by atoms with Crippen LogP contribution >= 0.6 is 11.6 Å². The first-order valence-electron chi connectivity index (χ1n) is 7.52. The number of halogens is 1. The second-order valence-corrected chi connectivity index (χ2v) is 5.61. The number of hydrogen-bond donors (Lipinski definition) is 2. The first-order valence-corrected chi connectivity index (χ1v) is 7.90. The molecule has 0 aliphatic carbocycles. The van der Waals surface area contributed by atoms with Crippen LogP contribution in [0, 0.1) is 10.1 Å². The lowest BCUT2D eigenvalue weighted by atomic mass is 10.1. The molecule has 2 rings (SSSR count). The number of nitrogens with one attached hydrogen (secondary N) is 1. The second-order valence-electron chi connectivity index (χ2n) is 5.21. The summed E-state index contributed by atoms with van der Waals surface area (Å²) in [5.41, 5.74) is 0.761. The van der Waals surface area contributed by atoms with Gasteiger partial charge in [0.05, 0.1) is 17.1 Å². The number of aliphatic hydroxyl groups is 1. The third-order valence-corrected chi connectivity index (χ3v) is 3.83. The molecule has 0 aliphatic heterocycles. The van der Waals surface area contributed by atoms with Crippen molar-refractivity contribution < 1.29 is 19.6 Å². The van der Waals surface area contributed by atoms with Crippen LogP contribution in [0.4, 0.5) is 11.4 Å². The molecule has 0 saturated heterocycles. The molecule has 0 fully saturated rings. The highest BCUT2D eigenvalue weighted by Crippen LogP contribution is 2.28. The predicted octanol–water partition coefficient (Wildman–Crippen LogP) is 3.57. The number of benzene rings is 2. The van der Waals surface area contributed by atoms with Crippen molar-refractivity contribution in [1.82, 2.24) is 0 Å². The zero-order chi connectivity index (χ0) is 18.4. The van der Waals surface area contributed by atoms with E-state index in [1.165, 1.54) is 12.1 Å². The minimum absolute atomic E-state index is 0.0153. The van der Waals surface area contributed by atoms with E-state index >= 15 is 0 Å². The van der Waals surface area contributed by atoms with Crippen molar-refractivity contribution in [1.29, 1.82) is 0 Å². The Morgan fingerprint density at radius 2 is 2.08 bits per heavy atom. The third kappa shape index (κ3) is 4.68. The van der Waals surface area contributed by atoms with Gasteiger partial charge in [0.2, 0.25) is 0 Å². The average molecular weight is 365 g/mol. The molecule has 1 atom stereocenters. The molecule has 2 aromatic carbocycles. The number of carbonyl (C=O) groups excluding carboxylic acids is 1. The van der Waals surface area contributed by atoms with E-state index in [4.69, 9.17) is 21.4 Å². The Balaban J connectivity index is 2.28. The SMILES string of the molecule is CC(OC(=O)c1cc([N+](=O)[O-])ccc1NCCO)c1ccccc1Cl. The summed E-state index contributed by atoms with van der Waals surface area (Å²) >= 11 is 6.09. The van der Waals surface area contributed by atoms with E-state index in [1.54, 1.807) is 31.2 Å². The molecule has 0 spiro atoms. The quantitative estimate of drug-likeness (QED) is 0.442. The van der Waals surface area contributed by atoms with Crippen molar-refractivity contribution in [3.63, 3.8) is 0 Å². The van der Waals surface area contributed by atoms with Crippen LogP contribution in [-0.4, -0.2) is 29.2 Å². The largest absolute Gasteiger partial charge is 0.454 e. The van der Waals surface area contributed by atoms with Crippen LogP contribution in [0.15, 0.2) is 42.5 Å². The Bertz CT molecular complexity index is 781. The maximum Gasteiger partial charge on any atom is 0.341 e. The van der Waals surface area contributed by atoms with E-state index in [0.29, 0.717) is 16.3 Å². The highest BCUT2D eigenvalue weighted by Gasteiger charge is 2.21. The summed E-state index contributed by atoms with van der Waals surface area (Å²) in [7, 11) is 0. The number of anilines is 1. The van der Waals surface area contributed by atoms with Crippen molar-refractivity contribution >= 4 is 28.9 Å².